The van der Waals surface area contributed by atoms with Gasteiger partial charge >= 0.3 is 0 Å². The van der Waals surface area contributed by atoms with Gasteiger partial charge in [0.25, 0.3) is 0 Å². The number of nitrogens with two attached hydrogens (primary N) is 1. The maximum atomic E-state index is 8.70. The zero-order chi connectivity index (χ0) is 15.0. The van der Waals surface area contributed by atoms with Gasteiger partial charge in [-0.1, -0.05) is 38.3 Å². The van der Waals surface area contributed by atoms with Gasteiger partial charge in [0.05, 0.1) is 6.61 Å². The maximum Gasteiger partial charge on any atom is 0.170 e. The van der Waals surface area contributed by atoms with Gasteiger partial charge in [0, 0.05) is 5.56 Å². The van der Waals surface area contributed by atoms with E-state index in [2.05, 4.69) is 19.0 Å². The second-order valence-corrected chi connectivity index (χ2v) is 5.19. The molecule has 0 fully saturated rings. The van der Waals surface area contributed by atoms with Gasteiger partial charge in [0.15, 0.2) is 5.84 Å². The van der Waals surface area contributed by atoms with E-state index in [1.165, 1.54) is 19.3 Å². The van der Waals surface area contributed by atoms with Crippen LogP contribution in [0, 0.1) is 12.8 Å². The highest BCUT2D eigenvalue weighted by atomic mass is 16.5. The Hall–Kier alpha value is -1.71. The lowest BCUT2D eigenvalue weighted by atomic mass is 10.0. The minimum Gasteiger partial charge on any atom is -0.493 e. The molecule has 0 aliphatic rings. The van der Waals surface area contributed by atoms with Gasteiger partial charge in [-0.2, -0.15) is 0 Å². The molecule has 0 saturated carbocycles. The van der Waals surface area contributed by atoms with Crippen molar-refractivity contribution in [1.29, 1.82) is 0 Å². The molecule has 0 aliphatic heterocycles. The van der Waals surface area contributed by atoms with Gasteiger partial charge in [0.1, 0.15) is 5.75 Å². The minimum absolute atomic E-state index is 0.128. The Morgan fingerprint density at radius 2 is 2.15 bits per heavy atom. The molecule has 1 rings (SSSR count). The average Bonchev–Trinajstić information content (AvgIpc) is 2.47. The molecule has 0 bridgehead atoms. The Labute approximate surface area is 121 Å². The summed E-state index contributed by atoms with van der Waals surface area (Å²) in [6.07, 6.45) is 4.84. The van der Waals surface area contributed by atoms with Crippen LogP contribution in [-0.4, -0.2) is 17.6 Å². The molecule has 0 amide bonds. The molecule has 112 valence electrons. The van der Waals surface area contributed by atoms with Crippen LogP contribution in [-0.2, 0) is 0 Å². The molecule has 0 saturated heterocycles. The Bertz CT molecular complexity index is 444. The molecule has 0 aliphatic carbocycles. The summed E-state index contributed by atoms with van der Waals surface area (Å²) in [6, 6.07) is 5.62. The van der Waals surface area contributed by atoms with Crippen molar-refractivity contribution in [3.05, 3.63) is 29.3 Å². The van der Waals surface area contributed by atoms with Gasteiger partial charge in [-0.05, 0) is 43.0 Å². The summed E-state index contributed by atoms with van der Waals surface area (Å²) in [4.78, 5) is 0. The SMILES string of the molecule is CCCCC(CC)COc1ccc(/C(N)=N/O)c(C)c1. The molecule has 1 aromatic carbocycles. The number of oxime groups is 1. The van der Waals surface area contributed by atoms with E-state index in [9.17, 15) is 0 Å². The summed E-state index contributed by atoms with van der Waals surface area (Å²) in [7, 11) is 0. The van der Waals surface area contributed by atoms with Crippen molar-refractivity contribution in [2.45, 2.75) is 46.5 Å². The van der Waals surface area contributed by atoms with Crippen molar-refractivity contribution in [2.24, 2.45) is 16.8 Å². The largest absolute Gasteiger partial charge is 0.493 e. The molecule has 1 aromatic rings. The fraction of sp³-hybridized carbons (Fsp3) is 0.562. The number of benzene rings is 1. The number of aryl methyl sites for hydroxylation is 1. The average molecular weight is 278 g/mol. The number of nitrogens with zero attached hydrogens (tertiary/aromatic N) is 1. The summed E-state index contributed by atoms with van der Waals surface area (Å²) < 4.78 is 5.86. The third-order valence-electron chi connectivity index (χ3n) is 3.61. The molecule has 0 heterocycles. The standard InChI is InChI=1S/C16H26N2O2/c1-4-6-7-13(5-2)11-20-14-8-9-15(12(3)10-14)16(17)18-19/h8-10,13,19H,4-7,11H2,1-3H3,(H2,17,18). The highest BCUT2D eigenvalue weighted by Gasteiger charge is 2.09. The predicted octanol–water partition coefficient (Wildman–Crippen LogP) is 3.68. The molecule has 4 nitrogen and oxygen atoms in total. The van der Waals surface area contributed by atoms with Crippen LogP contribution in [0.2, 0.25) is 0 Å². The van der Waals surface area contributed by atoms with E-state index in [-0.39, 0.29) is 5.84 Å². The third kappa shape index (κ3) is 4.76. The molecular weight excluding hydrogens is 252 g/mol. The Morgan fingerprint density at radius 3 is 2.70 bits per heavy atom. The van der Waals surface area contributed by atoms with Gasteiger partial charge in [0.2, 0.25) is 0 Å². The van der Waals surface area contributed by atoms with E-state index in [1.807, 2.05) is 25.1 Å². The smallest absolute Gasteiger partial charge is 0.170 e. The van der Waals surface area contributed by atoms with Gasteiger partial charge in [-0.25, -0.2) is 0 Å². The van der Waals surface area contributed by atoms with Crippen molar-refractivity contribution in [2.75, 3.05) is 6.61 Å². The predicted molar refractivity (Wildman–Crippen MR) is 82.5 cm³/mol. The first-order valence-corrected chi connectivity index (χ1v) is 7.33. The topological polar surface area (TPSA) is 67.8 Å². The second kappa shape index (κ2) is 8.46. The summed E-state index contributed by atoms with van der Waals surface area (Å²) in [5.74, 6) is 1.58. The first-order chi connectivity index (χ1) is 9.62. The highest BCUT2D eigenvalue weighted by molar-refractivity contribution is 5.98. The Balaban J connectivity index is 2.63. The molecule has 4 heteroatoms. The van der Waals surface area contributed by atoms with E-state index < -0.39 is 0 Å². The van der Waals surface area contributed by atoms with Gasteiger partial charge < -0.3 is 15.7 Å². The molecule has 0 aromatic heterocycles. The maximum absolute atomic E-state index is 8.70. The highest BCUT2D eigenvalue weighted by Crippen LogP contribution is 2.20. The Kier molecular flexibility index (Phi) is 6.91. The van der Waals surface area contributed by atoms with Crippen LogP contribution < -0.4 is 10.5 Å². The Morgan fingerprint density at radius 1 is 1.40 bits per heavy atom. The molecule has 1 atom stereocenters. The molecule has 0 spiro atoms. The van der Waals surface area contributed by atoms with Crippen LogP contribution in [0.3, 0.4) is 0 Å². The summed E-state index contributed by atoms with van der Waals surface area (Å²) in [5.41, 5.74) is 7.28. The lowest BCUT2D eigenvalue weighted by Gasteiger charge is -2.16. The first kappa shape index (κ1) is 16.3. The number of hydrogen-bond donors (Lipinski definition) is 2. The third-order valence-corrected chi connectivity index (χ3v) is 3.61. The minimum atomic E-state index is 0.128. The number of unbranched alkanes of at least 4 members (excludes halogenated alkanes) is 1. The van der Waals surface area contributed by atoms with Crippen LogP contribution >= 0.6 is 0 Å². The first-order valence-electron chi connectivity index (χ1n) is 7.33. The molecule has 3 N–H and O–H groups in total. The van der Waals surface area contributed by atoms with Crippen molar-refractivity contribution in [1.82, 2.24) is 0 Å². The zero-order valence-electron chi connectivity index (χ0n) is 12.7. The van der Waals surface area contributed by atoms with Crippen molar-refractivity contribution < 1.29 is 9.94 Å². The van der Waals surface area contributed by atoms with Crippen LogP contribution in [0.4, 0.5) is 0 Å². The summed E-state index contributed by atoms with van der Waals surface area (Å²) >= 11 is 0. The fourth-order valence-electron chi connectivity index (χ4n) is 2.18. The number of amidine groups is 1. The van der Waals surface area contributed by atoms with E-state index in [0.29, 0.717) is 5.92 Å². The normalized spacial score (nSPS) is 13.2. The van der Waals surface area contributed by atoms with Crippen LogP contribution in [0.5, 0.6) is 5.75 Å². The molecular formula is C16H26N2O2. The summed E-state index contributed by atoms with van der Waals surface area (Å²) in [5, 5.41) is 11.7. The molecule has 1 unspecified atom stereocenters. The number of ether oxygens (including phenoxy) is 1. The van der Waals surface area contributed by atoms with Crippen molar-refractivity contribution in [3.63, 3.8) is 0 Å². The molecule has 20 heavy (non-hydrogen) atoms. The fourth-order valence-corrected chi connectivity index (χ4v) is 2.18. The van der Waals surface area contributed by atoms with Gasteiger partial charge in [-0.15, -0.1) is 0 Å². The van der Waals surface area contributed by atoms with Crippen molar-refractivity contribution in [3.8, 4) is 5.75 Å². The second-order valence-electron chi connectivity index (χ2n) is 5.19. The van der Waals surface area contributed by atoms with E-state index in [4.69, 9.17) is 15.7 Å². The van der Waals surface area contributed by atoms with E-state index >= 15 is 0 Å². The number of rotatable bonds is 8. The zero-order valence-corrected chi connectivity index (χ0v) is 12.7. The monoisotopic (exact) mass is 278 g/mol. The van der Waals surface area contributed by atoms with Crippen molar-refractivity contribution >= 4 is 5.84 Å². The van der Waals surface area contributed by atoms with Crippen LogP contribution in [0.15, 0.2) is 23.4 Å². The van der Waals surface area contributed by atoms with E-state index in [1.54, 1.807) is 0 Å². The van der Waals surface area contributed by atoms with Gasteiger partial charge in [-0.3, -0.25) is 0 Å². The lowest BCUT2D eigenvalue weighted by molar-refractivity contribution is 0.233. The lowest BCUT2D eigenvalue weighted by Crippen LogP contribution is -2.15. The summed E-state index contributed by atoms with van der Waals surface area (Å²) in [6.45, 7) is 7.09. The quantitative estimate of drug-likeness (QED) is 0.330. The van der Waals surface area contributed by atoms with E-state index in [0.717, 1.165) is 29.9 Å². The number of hydrogen-bond acceptors (Lipinski definition) is 3. The molecule has 0 radical (unpaired) electrons. The van der Waals surface area contributed by atoms with Crippen LogP contribution in [0.1, 0.15) is 50.7 Å². The van der Waals surface area contributed by atoms with Crippen LogP contribution in [0.25, 0.3) is 0 Å².